The number of carboxylic acid groups (broad SMARTS) is 1. The maximum Gasteiger partial charge on any atom is 0.331 e. The van der Waals surface area contributed by atoms with Gasteiger partial charge in [-0.15, -0.1) is 16.4 Å². The van der Waals surface area contributed by atoms with Crippen LogP contribution in [-0.4, -0.2) is 50.2 Å². The fourth-order valence-electron chi connectivity index (χ4n) is 3.57. The van der Waals surface area contributed by atoms with Crippen molar-refractivity contribution in [3.8, 4) is 10.6 Å². The van der Waals surface area contributed by atoms with E-state index in [9.17, 15) is 14.7 Å². The molecule has 2 aromatic heterocycles. The number of nitrogens with one attached hydrogen (secondary N) is 1. The smallest absolute Gasteiger partial charge is 0.331 e. The van der Waals surface area contributed by atoms with E-state index in [0.29, 0.717) is 5.69 Å². The first-order valence-electron chi connectivity index (χ1n) is 9.75. The van der Waals surface area contributed by atoms with Gasteiger partial charge in [0, 0.05) is 18.9 Å². The molecule has 2 N–H and O–H groups in total. The molecule has 0 fully saturated rings. The predicted octanol–water partition coefficient (Wildman–Crippen LogP) is 3.04. The zero-order chi connectivity index (χ0) is 21.0. The average molecular weight is 419 g/mol. The molecule has 156 valence electrons. The van der Waals surface area contributed by atoms with Crippen molar-refractivity contribution >= 4 is 23.2 Å². The lowest BCUT2D eigenvalue weighted by molar-refractivity contribution is -0.133. The highest BCUT2D eigenvalue weighted by molar-refractivity contribution is 7.13. The highest BCUT2D eigenvalue weighted by Gasteiger charge is 2.39. The summed E-state index contributed by atoms with van der Waals surface area (Å²) in [6, 6.07) is 3.02. The summed E-state index contributed by atoms with van der Waals surface area (Å²) in [4.78, 5) is 24.7. The van der Waals surface area contributed by atoms with Crippen LogP contribution < -0.4 is 5.32 Å². The summed E-state index contributed by atoms with van der Waals surface area (Å²) in [5.74, 6) is -1.20. The van der Waals surface area contributed by atoms with Crippen LogP contribution in [0.3, 0.4) is 0 Å². The van der Waals surface area contributed by atoms with E-state index in [1.807, 2.05) is 31.4 Å². The first-order chi connectivity index (χ1) is 13.9. The molecule has 2 aromatic rings. The van der Waals surface area contributed by atoms with Crippen molar-refractivity contribution in [2.24, 2.45) is 0 Å². The molecule has 0 saturated heterocycles. The molecule has 1 aliphatic rings. The minimum atomic E-state index is -0.993. The van der Waals surface area contributed by atoms with Crippen LogP contribution in [0.15, 0.2) is 35.4 Å². The Morgan fingerprint density at radius 1 is 1.41 bits per heavy atom. The highest BCUT2D eigenvalue weighted by atomic mass is 32.1. The molecule has 9 heteroatoms. The molecule has 3 atom stereocenters. The van der Waals surface area contributed by atoms with Crippen LogP contribution in [0.1, 0.15) is 46.1 Å². The van der Waals surface area contributed by atoms with Crippen molar-refractivity contribution in [1.82, 2.24) is 20.3 Å². The van der Waals surface area contributed by atoms with Crippen LogP contribution >= 0.6 is 11.3 Å². The number of rotatable bonds is 8. The summed E-state index contributed by atoms with van der Waals surface area (Å²) in [6.45, 7) is 5.49. The van der Waals surface area contributed by atoms with Gasteiger partial charge in [0.2, 0.25) is 5.91 Å². The van der Waals surface area contributed by atoms with Gasteiger partial charge in [-0.2, -0.15) is 0 Å². The van der Waals surface area contributed by atoms with Crippen LogP contribution in [0.2, 0.25) is 0 Å². The Labute approximate surface area is 173 Å². The number of carbonyl (C=O) groups is 2. The molecule has 0 bridgehead atoms. The van der Waals surface area contributed by atoms with E-state index in [0.717, 1.165) is 17.7 Å². The van der Waals surface area contributed by atoms with Gasteiger partial charge < -0.3 is 15.2 Å². The first kappa shape index (κ1) is 21.2. The fourth-order valence-corrected chi connectivity index (χ4v) is 4.25. The number of hydrogen-bond acceptors (Lipinski definition) is 6. The van der Waals surface area contributed by atoms with Gasteiger partial charge in [-0.25, -0.2) is 9.48 Å². The Morgan fingerprint density at radius 3 is 2.76 bits per heavy atom. The van der Waals surface area contributed by atoms with Crippen LogP contribution in [0.25, 0.3) is 10.6 Å². The predicted molar refractivity (Wildman–Crippen MR) is 110 cm³/mol. The number of hydrogen-bond donors (Lipinski definition) is 2. The third-order valence-corrected chi connectivity index (χ3v) is 5.98. The number of ether oxygens (including phenoxy) is 1. The molecule has 1 aliphatic carbocycles. The van der Waals surface area contributed by atoms with Gasteiger partial charge in [0.15, 0.2) is 0 Å². The standard InChI is InChI=1S/C20H26N4O4S/c1-4-14(5-2)28-17-10-13(20(26)27)9-16(19(17)21-12(3)25)24-11-15(22-23-24)18-7-6-8-29-18/h6-8,10-11,14,16-17,19H,4-5,9H2,1-3H3,(H,21,25)(H,26,27)/t16-,17+,19+/m0/s1. The maximum atomic E-state index is 11.9. The second-order valence-corrected chi connectivity index (χ2v) is 8.04. The molecule has 0 unspecified atom stereocenters. The number of aliphatic carboxylic acids is 1. The Balaban J connectivity index is 1.97. The molecule has 2 heterocycles. The zero-order valence-electron chi connectivity index (χ0n) is 16.7. The van der Waals surface area contributed by atoms with Gasteiger partial charge in [-0.1, -0.05) is 25.1 Å². The van der Waals surface area contributed by atoms with E-state index in [4.69, 9.17) is 4.74 Å². The SMILES string of the molecule is CCC(CC)O[C@@H]1C=C(C(=O)O)C[C@H](n2cc(-c3cccs3)nn2)[C@H]1NC(C)=O. The molecular formula is C20H26N4O4S. The zero-order valence-corrected chi connectivity index (χ0v) is 17.6. The minimum absolute atomic E-state index is 0.0290. The lowest BCUT2D eigenvalue weighted by Crippen LogP contribution is -2.52. The Hall–Kier alpha value is -2.52. The Morgan fingerprint density at radius 2 is 2.17 bits per heavy atom. The number of nitrogens with zero attached hydrogens (tertiary/aromatic N) is 3. The molecule has 0 spiro atoms. The molecule has 8 nitrogen and oxygen atoms in total. The summed E-state index contributed by atoms with van der Waals surface area (Å²) in [6.07, 6.45) is 4.64. The maximum absolute atomic E-state index is 11.9. The number of carboxylic acids is 1. The van der Waals surface area contributed by atoms with Gasteiger partial charge in [0.05, 0.1) is 35.4 Å². The molecule has 1 amide bonds. The van der Waals surface area contributed by atoms with E-state index in [1.54, 1.807) is 28.3 Å². The lowest BCUT2D eigenvalue weighted by Gasteiger charge is -2.37. The number of carbonyl (C=O) groups excluding carboxylic acids is 1. The molecule has 0 aromatic carbocycles. The molecule has 29 heavy (non-hydrogen) atoms. The van der Waals surface area contributed by atoms with E-state index >= 15 is 0 Å². The molecule has 0 radical (unpaired) electrons. The largest absolute Gasteiger partial charge is 0.478 e. The van der Waals surface area contributed by atoms with Crippen molar-refractivity contribution < 1.29 is 19.4 Å². The van der Waals surface area contributed by atoms with Gasteiger partial charge in [0.1, 0.15) is 5.69 Å². The Kier molecular flexibility index (Phi) is 6.81. The van der Waals surface area contributed by atoms with Gasteiger partial charge in [0.25, 0.3) is 0 Å². The monoisotopic (exact) mass is 418 g/mol. The molecule has 0 aliphatic heterocycles. The fraction of sp³-hybridized carbons (Fsp3) is 0.500. The van der Waals surface area contributed by atoms with Crippen molar-refractivity contribution in [1.29, 1.82) is 0 Å². The third kappa shape index (κ3) is 4.91. The van der Waals surface area contributed by atoms with E-state index in [1.165, 1.54) is 6.92 Å². The molecular weight excluding hydrogens is 392 g/mol. The summed E-state index contributed by atoms with van der Waals surface area (Å²) in [7, 11) is 0. The van der Waals surface area contributed by atoms with Crippen molar-refractivity contribution in [2.75, 3.05) is 0 Å². The number of amides is 1. The van der Waals surface area contributed by atoms with E-state index < -0.39 is 24.2 Å². The lowest BCUT2D eigenvalue weighted by atomic mass is 9.87. The van der Waals surface area contributed by atoms with Crippen LogP contribution in [0.4, 0.5) is 0 Å². The van der Waals surface area contributed by atoms with Gasteiger partial charge >= 0.3 is 5.97 Å². The van der Waals surface area contributed by atoms with Crippen LogP contribution in [-0.2, 0) is 14.3 Å². The topological polar surface area (TPSA) is 106 Å². The van der Waals surface area contributed by atoms with Gasteiger partial charge in [-0.3, -0.25) is 4.79 Å². The second-order valence-electron chi connectivity index (χ2n) is 7.10. The van der Waals surface area contributed by atoms with Crippen molar-refractivity contribution in [2.45, 2.75) is 64.3 Å². The van der Waals surface area contributed by atoms with Crippen molar-refractivity contribution in [3.05, 3.63) is 35.4 Å². The average Bonchev–Trinajstić information content (AvgIpc) is 3.37. The quantitative estimate of drug-likeness (QED) is 0.682. The van der Waals surface area contributed by atoms with Gasteiger partial charge in [-0.05, 0) is 30.4 Å². The van der Waals surface area contributed by atoms with Crippen LogP contribution in [0, 0.1) is 0 Å². The summed E-state index contributed by atoms with van der Waals surface area (Å²) in [5, 5.41) is 23.0. The highest BCUT2D eigenvalue weighted by Crippen LogP contribution is 2.33. The normalized spacial score (nSPS) is 21.8. The number of thiophene rings is 1. The third-order valence-electron chi connectivity index (χ3n) is 5.09. The van der Waals surface area contributed by atoms with Crippen molar-refractivity contribution in [3.63, 3.8) is 0 Å². The summed E-state index contributed by atoms with van der Waals surface area (Å²) >= 11 is 1.55. The van der Waals surface area contributed by atoms with E-state index in [2.05, 4.69) is 15.6 Å². The summed E-state index contributed by atoms with van der Waals surface area (Å²) in [5.41, 5.74) is 0.964. The second kappa shape index (κ2) is 9.32. The number of aromatic nitrogens is 3. The molecule has 0 saturated carbocycles. The van der Waals surface area contributed by atoms with E-state index in [-0.39, 0.29) is 24.0 Å². The minimum Gasteiger partial charge on any atom is -0.478 e. The van der Waals surface area contributed by atoms with Crippen LogP contribution in [0.5, 0.6) is 0 Å². The Bertz CT molecular complexity index is 873. The first-order valence-corrected chi connectivity index (χ1v) is 10.6. The molecule has 3 rings (SSSR count). The summed E-state index contributed by atoms with van der Waals surface area (Å²) < 4.78 is 7.85.